The molecular weight excluding hydrogens is 274 g/mol. The van der Waals surface area contributed by atoms with Crippen molar-refractivity contribution in [3.8, 4) is 11.5 Å². The smallest absolute Gasteiger partial charge is 0.123 e. The highest BCUT2D eigenvalue weighted by Crippen LogP contribution is 2.39. The van der Waals surface area contributed by atoms with Gasteiger partial charge in [-0.1, -0.05) is 30.3 Å². The Labute approximate surface area is 132 Å². The fourth-order valence-electron chi connectivity index (χ4n) is 3.29. The molecule has 0 spiro atoms. The van der Waals surface area contributed by atoms with Gasteiger partial charge < -0.3 is 9.47 Å². The van der Waals surface area contributed by atoms with Crippen molar-refractivity contribution in [1.82, 2.24) is 4.90 Å². The normalized spacial score (nSPS) is 18.4. The van der Waals surface area contributed by atoms with Crippen LogP contribution in [0.5, 0.6) is 11.5 Å². The van der Waals surface area contributed by atoms with Crippen LogP contribution in [0.4, 0.5) is 0 Å². The Kier molecular flexibility index (Phi) is 4.64. The van der Waals surface area contributed by atoms with E-state index in [4.69, 9.17) is 9.47 Å². The van der Waals surface area contributed by atoms with E-state index in [0.717, 1.165) is 31.0 Å². The van der Waals surface area contributed by atoms with Gasteiger partial charge in [-0.2, -0.15) is 0 Å². The maximum Gasteiger partial charge on any atom is 0.123 e. The number of likely N-dealkylation sites (tertiary alicyclic amines) is 1. The van der Waals surface area contributed by atoms with Gasteiger partial charge in [0.2, 0.25) is 0 Å². The van der Waals surface area contributed by atoms with E-state index in [-0.39, 0.29) is 0 Å². The first-order valence-corrected chi connectivity index (χ1v) is 7.81. The van der Waals surface area contributed by atoms with Crippen molar-refractivity contribution in [2.24, 2.45) is 0 Å². The summed E-state index contributed by atoms with van der Waals surface area (Å²) in [5.74, 6) is 1.84. The molecule has 3 rings (SSSR count). The SMILES string of the molecule is COc1ccc(OC)c([C@@H]2CCCN2Cc2ccccc2)c1. The first-order chi connectivity index (χ1) is 10.8. The van der Waals surface area contributed by atoms with Gasteiger partial charge in [0.05, 0.1) is 14.2 Å². The Hall–Kier alpha value is -2.00. The van der Waals surface area contributed by atoms with E-state index < -0.39 is 0 Å². The van der Waals surface area contributed by atoms with E-state index in [1.165, 1.54) is 17.5 Å². The van der Waals surface area contributed by atoms with E-state index in [1.807, 2.05) is 12.1 Å². The molecule has 2 aromatic carbocycles. The molecule has 1 heterocycles. The quantitative estimate of drug-likeness (QED) is 0.831. The number of ether oxygens (including phenoxy) is 2. The van der Waals surface area contributed by atoms with Gasteiger partial charge in [-0.15, -0.1) is 0 Å². The van der Waals surface area contributed by atoms with Crippen LogP contribution in [0.25, 0.3) is 0 Å². The zero-order chi connectivity index (χ0) is 15.4. The molecule has 116 valence electrons. The largest absolute Gasteiger partial charge is 0.497 e. The number of hydrogen-bond acceptors (Lipinski definition) is 3. The van der Waals surface area contributed by atoms with Crippen LogP contribution in [-0.4, -0.2) is 25.7 Å². The molecule has 1 saturated heterocycles. The van der Waals surface area contributed by atoms with E-state index in [0.29, 0.717) is 6.04 Å². The Morgan fingerprint density at radius 2 is 1.86 bits per heavy atom. The standard InChI is InChI=1S/C19H23NO2/c1-21-16-10-11-19(22-2)17(13-16)18-9-6-12-20(18)14-15-7-4-3-5-8-15/h3-5,7-8,10-11,13,18H,6,9,12,14H2,1-2H3/t18-/m0/s1. The molecule has 1 aliphatic rings. The van der Waals surface area contributed by atoms with Crippen molar-refractivity contribution in [3.05, 3.63) is 59.7 Å². The van der Waals surface area contributed by atoms with Gasteiger partial charge in [-0.3, -0.25) is 4.90 Å². The summed E-state index contributed by atoms with van der Waals surface area (Å²) in [6, 6.07) is 17.1. The van der Waals surface area contributed by atoms with E-state index >= 15 is 0 Å². The van der Waals surface area contributed by atoms with E-state index in [1.54, 1.807) is 14.2 Å². The molecule has 22 heavy (non-hydrogen) atoms. The van der Waals surface area contributed by atoms with Crippen LogP contribution in [-0.2, 0) is 6.54 Å². The van der Waals surface area contributed by atoms with Crippen molar-refractivity contribution >= 4 is 0 Å². The van der Waals surface area contributed by atoms with Crippen LogP contribution in [0.2, 0.25) is 0 Å². The molecule has 0 aliphatic carbocycles. The molecule has 2 aromatic rings. The Morgan fingerprint density at radius 3 is 2.59 bits per heavy atom. The van der Waals surface area contributed by atoms with E-state index in [2.05, 4.69) is 41.3 Å². The summed E-state index contributed by atoms with van der Waals surface area (Å²) in [6.45, 7) is 2.10. The van der Waals surface area contributed by atoms with Crippen molar-refractivity contribution in [2.45, 2.75) is 25.4 Å². The number of nitrogens with zero attached hydrogens (tertiary/aromatic N) is 1. The minimum atomic E-state index is 0.394. The Balaban J connectivity index is 1.86. The van der Waals surface area contributed by atoms with Gasteiger partial charge in [-0.05, 0) is 43.1 Å². The minimum Gasteiger partial charge on any atom is -0.497 e. The lowest BCUT2D eigenvalue weighted by molar-refractivity contribution is 0.242. The second-order valence-corrected chi connectivity index (χ2v) is 5.72. The Morgan fingerprint density at radius 1 is 1.05 bits per heavy atom. The summed E-state index contributed by atoms with van der Waals surface area (Å²) in [7, 11) is 3.45. The third kappa shape index (κ3) is 3.09. The first-order valence-electron chi connectivity index (χ1n) is 7.81. The zero-order valence-corrected chi connectivity index (χ0v) is 13.3. The first kappa shape index (κ1) is 14.9. The molecule has 0 aromatic heterocycles. The Bertz CT molecular complexity index is 612. The number of methoxy groups -OCH3 is 2. The third-order valence-corrected chi connectivity index (χ3v) is 4.39. The van der Waals surface area contributed by atoms with Crippen molar-refractivity contribution in [2.75, 3.05) is 20.8 Å². The van der Waals surface area contributed by atoms with Crippen molar-refractivity contribution in [3.63, 3.8) is 0 Å². The van der Waals surface area contributed by atoms with Gasteiger partial charge in [0.25, 0.3) is 0 Å². The summed E-state index contributed by atoms with van der Waals surface area (Å²) in [5, 5.41) is 0. The highest BCUT2D eigenvalue weighted by Gasteiger charge is 2.28. The van der Waals surface area contributed by atoms with Crippen LogP contribution >= 0.6 is 0 Å². The van der Waals surface area contributed by atoms with Crippen LogP contribution in [0.15, 0.2) is 48.5 Å². The second kappa shape index (κ2) is 6.84. The molecule has 0 saturated carbocycles. The molecule has 0 bridgehead atoms. The maximum absolute atomic E-state index is 5.57. The molecule has 0 radical (unpaired) electrons. The fraction of sp³-hybridized carbons (Fsp3) is 0.368. The summed E-state index contributed by atoms with van der Waals surface area (Å²) in [4.78, 5) is 2.53. The molecule has 1 atom stereocenters. The molecule has 1 aliphatic heterocycles. The van der Waals surface area contributed by atoms with Gasteiger partial charge in [-0.25, -0.2) is 0 Å². The van der Waals surface area contributed by atoms with Gasteiger partial charge >= 0.3 is 0 Å². The van der Waals surface area contributed by atoms with E-state index in [9.17, 15) is 0 Å². The highest BCUT2D eigenvalue weighted by molar-refractivity contribution is 5.42. The molecule has 3 heteroatoms. The van der Waals surface area contributed by atoms with Crippen molar-refractivity contribution in [1.29, 1.82) is 0 Å². The number of hydrogen-bond donors (Lipinski definition) is 0. The van der Waals surface area contributed by atoms with Crippen molar-refractivity contribution < 1.29 is 9.47 Å². The molecular formula is C19H23NO2. The fourth-order valence-corrected chi connectivity index (χ4v) is 3.29. The summed E-state index contributed by atoms with van der Waals surface area (Å²) < 4.78 is 11.0. The third-order valence-electron chi connectivity index (χ3n) is 4.39. The van der Waals surface area contributed by atoms with Crippen LogP contribution in [0, 0.1) is 0 Å². The predicted molar refractivity (Wildman–Crippen MR) is 88.4 cm³/mol. The zero-order valence-electron chi connectivity index (χ0n) is 13.3. The monoisotopic (exact) mass is 297 g/mol. The number of benzene rings is 2. The minimum absolute atomic E-state index is 0.394. The average molecular weight is 297 g/mol. The summed E-state index contributed by atoms with van der Waals surface area (Å²) >= 11 is 0. The van der Waals surface area contributed by atoms with Crippen LogP contribution in [0.3, 0.4) is 0 Å². The molecule has 1 fully saturated rings. The second-order valence-electron chi connectivity index (χ2n) is 5.72. The van der Waals surface area contributed by atoms with Crippen LogP contribution < -0.4 is 9.47 Å². The lowest BCUT2D eigenvalue weighted by Crippen LogP contribution is -2.23. The summed E-state index contributed by atoms with van der Waals surface area (Å²) in [6.07, 6.45) is 2.38. The van der Waals surface area contributed by atoms with Crippen LogP contribution in [0.1, 0.15) is 30.0 Å². The predicted octanol–water partition coefficient (Wildman–Crippen LogP) is 4.04. The molecule has 3 nitrogen and oxygen atoms in total. The maximum atomic E-state index is 5.57. The molecule has 0 N–H and O–H groups in total. The van der Waals surface area contributed by atoms with Gasteiger partial charge in [0.1, 0.15) is 11.5 Å². The van der Waals surface area contributed by atoms with Gasteiger partial charge in [0.15, 0.2) is 0 Å². The molecule has 0 unspecified atom stereocenters. The lowest BCUT2D eigenvalue weighted by atomic mass is 10.0. The van der Waals surface area contributed by atoms with Gasteiger partial charge in [0, 0.05) is 18.2 Å². The highest BCUT2D eigenvalue weighted by atomic mass is 16.5. The lowest BCUT2D eigenvalue weighted by Gasteiger charge is -2.26. The molecule has 0 amide bonds. The topological polar surface area (TPSA) is 21.7 Å². The summed E-state index contributed by atoms with van der Waals surface area (Å²) in [5.41, 5.74) is 2.59. The number of rotatable bonds is 5. The average Bonchev–Trinajstić information content (AvgIpc) is 3.03.